The number of likely N-dealkylation sites (tertiary alicyclic amines) is 1. The number of carbonyl (C=O) groups is 1. The molecule has 1 aliphatic heterocycles. The van der Waals surface area contributed by atoms with Gasteiger partial charge in [0.05, 0.1) is 6.54 Å². The van der Waals surface area contributed by atoms with Crippen molar-refractivity contribution in [3.63, 3.8) is 0 Å². The van der Waals surface area contributed by atoms with Crippen LogP contribution in [-0.2, 0) is 4.79 Å². The summed E-state index contributed by atoms with van der Waals surface area (Å²) in [7, 11) is 0. The molecule has 0 unspecified atom stereocenters. The average Bonchev–Trinajstić information content (AvgIpc) is 2.41. The molecule has 1 saturated carbocycles. The molecule has 0 bridgehead atoms. The van der Waals surface area contributed by atoms with E-state index in [4.69, 9.17) is 5.73 Å². The minimum atomic E-state index is 0.189. The molecule has 4 heteroatoms. The summed E-state index contributed by atoms with van der Waals surface area (Å²) in [4.78, 5) is 14.1. The molecule has 1 saturated heterocycles. The van der Waals surface area contributed by atoms with E-state index in [1.165, 1.54) is 25.7 Å². The molecule has 1 heterocycles. The highest BCUT2D eigenvalue weighted by molar-refractivity contribution is 5.78. The lowest BCUT2D eigenvalue weighted by molar-refractivity contribution is -0.122. The molecular weight excluding hydrogens is 238 g/mol. The number of hydrogen-bond donors (Lipinski definition) is 2. The van der Waals surface area contributed by atoms with Crippen LogP contribution in [0.5, 0.6) is 0 Å². The fourth-order valence-corrected chi connectivity index (χ4v) is 3.16. The van der Waals surface area contributed by atoms with Gasteiger partial charge < -0.3 is 11.1 Å². The number of nitrogens with two attached hydrogens (primary N) is 1. The first-order valence-electron chi connectivity index (χ1n) is 7.88. The number of amides is 1. The lowest BCUT2D eigenvalue weighted by Gasteiger charge is -2.30. The Morgan fingerprint density at radius 1 is 1.16 bits per heavy atom. The number of hydrogen-bond acceptors (Lipinski definition) is 3. The summed E-state index contributed by atoms with van der Waals surface area (Å²) in [6.07, 6.45) is 7.25. The van der Waals surface area contributed by atoms with E-state index >= 15 is 0 Å². The molecule has 2 fully saturated rings. The van der Waals surface area contributed by atoms with Gasteiger partial charge in [0.25, 0.3) is 0 Å². The van der Waals surface area contributed by atoms with Gasteiger partial charge in [0, 0.05) is 25.7 Å². The molecular formula is C15H29N3O. The lowest BCUT2D eigenvalue weighted by atomic mass is 9.83. The molecule has 0 aromatic carbocycles. The fraction of sp³-hybridized carbons (Fsp3) is 0.933. The Kier molecular flexibility index (Phi) is 5.64. The summed E-state index contributed by atoms with van der Waals surface area (Å²) < 4.78 is 0. The molecule has 2 rings (SSSR count). The Hall–Kier alpha value is -0.610. The summed E-state index contributed by atoms with van der Waals surface area (Å²) in [6, 6.07) is 0.337. The van der Waals surface area contributed by atoms with E-state index in [0.717, 1.165) is 38.4 Å². The van der Waals surface area contributed by atoms with E-state index in [1.807, 2.05) is 0 Å². The highest BCUT2D eigenvalue weighted by atomic mass is 16.2. The van der Waals surface area contributed by atoms with Gasteiger partial charge in [0.2, 0.25) is 5.91 Å². The van der Waals surface area contributed by atoms with Crippen LogP contribution in [0.3, 0.4) is 0 Å². The third-order valence-corrected chi connectivity index (χ3v) is 4.72. The molecule has 3 N–H and O–H groups in total. The summed E-state index contributed by atoms with van der Waals surface area (Å²) in [5.41, 5.74) is 5.87. The molecule has 0 aromatic rings. The molecule has 110 valence electrons. The van der Waals surface area contributed by atoms with Gasteiger partial charge in [-0.05, 0) is 37.5 Å². The Morgan fingerprint density at radius 2 is 1.79 bits per heavy atom. The van der Waals surface area contributed by atoms with Crippen molar-refractivity contribution < 1.29 is 4.79 Å². The fourth-order valence-electron chi connectivity index (χ4n) is 3.16. The summed E-state index contributed by atoms with van der Waals surface area (Å²) >= 11 is 0. The molecule has 1 amide bonds. The zero-order valence-corrected chi connectivity index (χ0v) is 12.2. The van der Waals surface area contributed by atoms with Crippen LogP contribution >= 0.6 is 0 Å². The Bertz CT molecular complexity index is 279. The van der Waals surface area contributed by atoms with Crippen LogP contribution in [0.15, 0.2) is 0 Å². The molecule has 0 radical (unpaired) electrons. The second-order valence-corrected chi connectivity index (χ2v) is 6.54. The Balaban J connectivity index is 1.59. The van der Waals surface area contributed by atoms with Crippen LogP contribution < -0.4 is 11.1 Å². The minimum Gasteiger partial charge on any atom is -0.355 e. The van der Waals surface area contributed by atoms with Crippen LogP contribution in [0.25, 0.3) is 0 Å². The molecule has 4 nitrogen and oxygen atoms in total. The first-order valence-corrected chi connectivity index (χ1v) is 7.88. The lowest BCUT2D eigenvalue weighted by Crippen LogP contribution is -2.45. The number of nitrogens with one attached hydrogen (secondary N) is 1. The van der Waals surface area contributed by atoms with E-state index in [2.05, 4.69) is 17.1 Å². The molecule has 1 aliphatic carbocycles. The van der Waals surface area contributed by atoms with E-state index in [1.54, 1.807) is 0 Å². The highest BCUT2D eigenvalue weighted by Crippen LogP contribution is 2.27. The van der Waals surface area contributed by atoms with Crippen molar-refractivity contribution in [3.8, 4) is 0 Å². The van der Waals surface area contributed by atoms with Gasteiger partial charge in [-0.1, -0.05) is 19.8 Å². The summed E-state index contributed by atoms with van der Waals surface area (Å²) in [5, 5.41) is 3.11. The third kappa shape index (κ3) is 5.11. The van der Waals surface area contributed by atoms with E-state index in [-0.39, 0.29) is 5.91 Å². The van der Waals surface area contributed by atoms with Crippen LogP contribution in [0, 0.1) is 11.8 Å². The van der Waals surface area contributed by atoms with Crippen molar-refractivity contribution in [2.24, 2.45) is 17.6 Å². The van der Waals surface area contributed by atoms with Crippen LogP contribution in [0.4, 0.5) is 0 Å². The zero-order chi connectivity index (χ0) is 13.7. The predicted octanol–water partition coefficient (Wildman–Crippen LogP) is 1.35. The van der Waals surface area contributed by atoms with Crippen molar-refractivity contribution in [1.29, 1.82) is 0 Å². The average molecular weight is 267 g/mol. The van der Waals surface area contributed by atoms with Crippen molar-refractivity contribution in [1.82, 2.24) is 10.2 Å². The quantitative estimate of drug-likeness (QED) is 0.808. The maximum Gasteiger partial charge on any atom is 0.234 e. The first-order chi connectivity index (χ1) is 9.13. The van der Waals surface area contributed by atoms with Gasteiger partial charge in [-0.3, -0.25) is 9.69 Å². The van der Waals surface area contributed by atoms with Crippen LogP contribution in [-0.4, -0.2) is 43.0 Å². The molecule has 0 atom stereocenters. The Labute approximate surface area is 117 Å². The second kappa shape index (κ2) is 7.25. The first kappa shape index (κ1) is 14.8. The van der Waals surface area contributed by atoms with Crippen molar-refractivity contribution in [3.05, 3.63) is 0 Å². The topological polar surface area (TPSA) is 58.4 Å². The predicted molar refractivity (Wildman–Crippen MR) is 77.8 cm³/mol. The zero-order valence-electron chi connectivity index (χ0n) is 12.2. The largest absolute Gasteiger partial charge is 0.355 e. The van der Waals surface area contributed by atoms with E-state index < -0.39 is 0 Å². The Morgan fingerprint density at radius 3 is 2.42 bits per heavy atom. The number of rotatable bonds is 4. The number of carbonyl (C=O) groups excluding carboxylic acids is 1. The standard InChI is InChI=1S/C15H29N3O/c1-12-2-4-13(5-3-12)10-17-15(19)11-18-8-6-14(16)7-9-18/h12-14H,2-11,16H2,1H3,(H,17,19). The minimum absolute atomic E-state index is 0.189. The number of piperidine rings is 1. The molecule has 19 heavy (non-hydrogen) atoms. The highest BCUT2D eigenvalue weighted by Gasteiger charge is 2.20. The van der Waals surface area contributed by atoms with Gasteiger partial charge in [-0.25, -0.2) is 0 Å². The molecule has 2 aliphatic rings. The normalized spacial score (nSPS) is 30.2. The number of nitrogens with zero attached hydrogens (tertiary/aromatic N) is 1. The smallest absolute Gasteiger partial charge is 0.234 e. The molecule has 0 aromatic heterocycles. The molecule has 0 spiro atoms. The van der Waals surface area contributed by atoms with E-state index in [0.29, 0.717) is 18.5 Å². The van der Waals surface area contributed by atoms with Gasteiger partial charge >= 0.3 is 0 Å². The van der Waals surface area contributed by atoms with Gasteiger partial charge in [-0.2, -0.15) is 0 Å². The summed E-state index contributed by atoms with van der Waals surface area (Å²) in [5.74, 6) is 1.77. The monoisotopic (exact) mass is 267 g/mol. The van der Waals surface area contributed by atoms with Gasteiger partial charge in [0.15, 0.2) is 0 Å². The van der Waals surface area contributed by atoms with Crippen LogP contribution in [0.2, 0.25) is 0 Å². The third-order valence-electron chi connectivity index (χ3n) is 4.72. The van der Waals surface area contributed by atoms with Crippen molar-refractivity contribution >= 4 is 5.91 Å². The van der Waals surface area contributed by atoms with E-state index in [9.17, 15) is 4.79 Å². The maximum absolute atomic E-state index is 11.9. The summed E-state index contributed by atoms with van der Waals surface area (Å²) in [6.45, 7) is 5.69. The van der Waals surface area contributed by atoms with Gasteiger partial charge in [-0.15, -0.1) is 0 Å². The van der Waals surface area contributed by atoms with Gasteiger partial charge in [0.1, 0.15) is 0 Å². The van der Waals surface area contributed by atoms with Crippen molar-refractivity contribution in [2.45, 2.75) is 51.5 Å². The second-order valence-electron chi connectivity index (χ2n) is 6.54. The maximum atomic E-state index is 11.9. The SMILES string of the molecule is CC1CCC(CNC(=O)CN2CCC(N)CC2)CC1. The van der Waals surface area contributed by atoms with Crippen molar-refractivity contribution in [2.75, 3.05) is 26.2 Å². The van der Waals surface area contributed by atoms with Crippen LogP contribution in [0.1, 0.15) is 45.4 Å².